The molecule has 3 aliphatic rings. The molecule has 0 radical (unpaired) electrons. The van der Waals surface area contributed by atoms with Crippen molar-refractivity contribution in [2.45, 2.75) is 18.0 Å². The van der Waals surface area contributed by atoms with Crippen LogP contribution < -0.4 is 5.32 Å². The van der Waals surface area contributed by atoms with E-state index in [9.17, 15) is 32.3 Å². The van der Waals surface area contributed by atoms with E-state index in [2.05, 4.69) is 25.0 Å². The third-order valence-electron chi connectivity index (χ3n) is 9.36. The van der Waals surface area contributed by atoms with E-state index < -0.39 is 52.0 Å². The zero-order valence-electron chi connectivity index (χ0n) is 24.0. The fourth-order valence-electron chi connectivity index (χ4n) is 7.19. The standard InChI is InChI=1S/C34H23F3N4O5/c1-46-32(45)23-25-26(41-30(23)34(35,36)37)28(43)24(29-33(25)13-19(33)14-38-29)27(42)22-12-18-11-20(8-9-21(18)40-22)39-31(44)17-7-6-15-4-2-3-5-16(15)10-17/h2-12,19,24,40-41H,13-14H2,1H3,(H,39,44). The minimum atomic E-state index is -4.98. The number of methoxy groups -OCH3 is 1. The maximum absolute atomic E-state index is 14.1. The lowest BCUT2D eigenvalue weighted by molar-refractivity contribution is -0.141. The van der Waals surface area contributed by atoms with Gasteiger partial charge in [-0.25, -0.2) is 4.79 Å². The number of rotatable bonds is 5. The third-order valence-corrected chi connectivity index (χ3v) is 9.36. The summed E-state index contributed by atoms with van der Waals surface area (Å²) in [6.07, 6.45) is -4.61. The fourth-order valence-corrected chi connectivity index (χ4v) is 7.19. The number of ketones is 2. The summed E-state index contributed by atoms with van der Waals surface area (Å²) in [6.45, 7) is 0.228. The van der Waals surface area contributed by atoms with Crippen molar-refractivity contribution in [1.82, 2.24) is 9.97 Å². The highest BCUT2D eigenvalue weighted by molar-refractivity contribution is 6.35. The van der Waals surface area contributed by atoms with Crippen LogP contribution in [0.3, 0.4) is 0 Å². The molecule has 5 aromatic rings. The van der Waals surface area contributed by atoms with Crippen LogP contribution in [0.1, 0.15) is 59.4 Å². The number of hydrogen-bond acceptors (Lipinski definition) is 6. The molecule has 12 heteroatoms. The molecule has 9 nitrogen and oxygen atoms in total. The van der Waals surface area contributed by atoms with Gasteiger partial charge in [-0.05, 0) is 59.5 Å². The Balaban J connectivity index is 1.13. The number of benzene rings is 3. The van der Waals surface area contributed by atoms with E-state index >= 15 is 0 Å². The Kier molecular flexibility index (Phi) is 5.77. The number of amides is 1. The molecule has 8 rings (SSSR count). The summed E-state index contributed by atoms with van der Waals surface area (Å²) < 4.78 is 46.9. The molecule has 3 unspecified atom stereocenters. The summed E-state index contributed by atoms with van der Waals surface area (Å²) in [5.41, 5.74) is -1.98. The number of H-pyrrole nitrogens is 2. The Morgan fingerprint density at radius 1 is 0.978 bits per heavy atom. The molecule has 0 bridgehead atoms. The number of Topliss-reactive ketones (excluding diaryl/α,β-unsaturated/α-hetero) is 2. The first-order valence-corrected chi connectivity index (χ1v) is 14.5. The van der Waals surface area contributed by atoms with E-state index in [1.807, 2.05) is 30.3 Å². The van der Waals surface area contributed by atoms with Crippen molar-refractivity contribution in [1.29, 1.82) is 0 Å². The number of ether oxygens (including phenoxy) is 1. The van der Waals surface area contributed by atoms with Crippen LogP contribution in [0.15, 0.2) is 71.7 Å². The average molecular weight is 625 g/mol. The topological polar surface area (TPSA) is 133 Å². The van der Waals surface area contributed by atoms with Gasteiger partial charge in [-0.15, -0.1) is 0 Å². The van der Waals surface area contributed by atoms with Gasteiger partial charge in [-0.2, -0.15) is 13.2 Å². The number of carbonyl (C=O) groups is 4. The van der Waals surface area contributed by atoms with Gasteiger partial charge in [0.2, 0.25) is 0 Å². The van der Waals surface area contributed by atoms with Gasteiger partial charge >= 0.3 is 12.1 Å². The molecule has 1 amide bonds. The SMILES string of the molecule is COC(=O)c1c(C(F)(F)F)[nH]c2c1C13CC1CN=C3C(C(=O)c1cc3cc(NC(=O)c4ccc5ccccc5c4)ccc3[nH]1)C2=O. The highest BCUT2D eigenvalue weighted by atomic mass is 19.4. The van der Waals surface area contributed by atoms with Crippen LogP contribution in [0.2, 0.25) is 0 Å². The normalized spacial score (nSPS) is 21.4. The number of fused-ring (bicyclic) bond motifs is 3. The molecule has 1 fully saturated rings. The summed E-state index contributed by atoms with van der Waals surface area (Å²) >= 11 is 0. The lowest BCUT2D eigenvalue weighted by atomic mass is 9.71. The number of aromatic amines is 2. The molecular weight excluding hydrogens is 601 g/mol. The molecule has 3 aromatic carbocycles. The van der Waals surface area contributed by atoms with Gasteiger partial charge in [-0.1, -0.05) is 30.3 Å². The van der Waals surface area contributed by atoms with E-state index in [1.54, 1.807) is 30.3 Å². The number of alkyl halides is 3. The molecule has 2 aliphatic carbocycles. The van der Waals surface area contributed by atoms with Gasteiger partial charge in [-0.3, -0.25) is 19.4 Å². The monoisotopic (exact) mass is 624 g/mol. The van der Waals surface area contributed by atoms with Gasteiger partial charge in [0.25, 0.3) is 5.91 Å². The molecule has 0 saturated heterocycles. The van der Waals surface area contributed by atoms with Gasteiger partial charge < -0.3 is 20.0 Å². The molecule has 46 heavy (non-hydrogen) atoms. The van der Waals surface area contributed by atoms with Crippen LogP contribution in [-0.4, -0.2) is 52.8 Å². The minimum Gasteiger partial charge on any atom is -0.465 e. The van der Waals surface area contributed by atoms with Crippen molar-refractivity contribution in [3.63, 3.8) is 0 Å². The van der Waals surface area contributed by atoms with Crippen molar-refractivity contribution in [2.75, 3.05) is 19.0 Å². The van der Waals surface area contributed by atoms with E-state index in [-0.39, 0.29) is 35.3 Å². The first-order valence-electron chi connectivity index (χ1n) is 14.5. The van der Waals surface area contributed by atoms with Gasteiger partial charge in [0.1, 0.15) is 11.6 Å². The van der Waals surface area contributed by atoms with Crippen LogP contribution in [-0.2, 0) is 16.3 Å². The number of nitrogens with one attached hydrogen (secondary N) is 3. The molecule has 1 saturated carbocycles. The second-order valence-corrected chi connectivity index (χ2v) is 11.9. The number of carbonyl (C=O) groups excluding carboxylic acids is 4. The van der Waals surface area contributed by atoms with Gasteiger partial charge in [0.05, 0.1) is 24.1 Å². The molecular formula is C34H23F3N4O5. The second-order valence-electron chi connectivity index (χ2n) is 11.9. The Morgan fingerprint density at radius 3 is 2.50 bits per heavy atom. The minimum absolute atomic E-state index is 0.0625. The van der Waals surface area contributed by atoms with Crippen LogP contribution in [0.25, 0.3) is 21.7 Å². The summed E-state index contributed by atoms with van der Waals surface area (Å²) in [7, 11) is 0.973. The van der Waals surface area contributed by atoms with E-state index in [1.165, 1.54) is 6.07 Å². The van der Waals surface area contributed by atoms with Crippen molar-refractivity contribution in [3.05, 3.63) is 101 Å². The lowest BCUT2D eigenvalue weighted by Gasteiger charge is -2.29. The number of halogens is 3. The quantitative estimate of drug-likeness (QED) is 0.123. The summed E-state index contributed by atoms with van der Waals surface area (Å²) in [5, 5.41) is 5.36. The smallest absolute Gasteiger partial charge is 0.432 e. The zero-order chi connectivity index (χ0) is 32.1. The molecule has 2 aromatic heterocycles. The molecule has 1 aliphatic heterocycles. The van der Waals surface area contributed by atoms with Gasteiger partial charge in [0, 0.05) is 45.4 Å². The molecule has 3 atom stereocenters. The number of anilines is 1. The highest BCUT2D eigenvalue weighted by Crippen LogP contribution is 2.64. The van der Waals surface area contributed by atoms with E-state index in [0.717, 1.165) is 17.9 Å². The summed E-state index contributed by atoms with van der Waals surface area (Å²) in [5.74, 6) is -4.78. The first kappa shape index (κ1) is 28.0. The summed E-state index contributed by atoms with van der Waals surface area (Å²) in [4.78, 5) is 63.1. The predicted octanol–water partition coefficient (Wildman–Crippen LogP) is 6.11. The number of esters is 1. The number of nitrogens with zero attached hydrogens (tertiary/aromatic N) is 1. The molecule has 3 heterocycles. The van der Waals surface area contributed by atoms with Crippen molar-refractivity contribution < 1.29 is 37.1 Å². The largest absolute Gasteiger partial charge is 0.465 e. The number of aromatic nitrogens is 2. The maximum Gasteiger partial charge on any atom is 0.432 e. The molecule has 3 N–H and O–H groups in total. The van der Waals surface area contributed by atoms with E-state index in [4.69, 9.17) is 0 Å². The Bertz CT molecular complexity index is 2230. The first-order chi connectivity index (χ1) is 22.0. The van der Waals surface area contributed by atoms with Crippen LogP contribution in [0, 0.1) is 11.8 Å². The van der Waals surface area contributed by atoms with Gasteiger partial charge in [0.15, 0.2) is 11.6 Å². The second kappa shape index (κ2) is 9.49. The van der Waals surface area contributed by atoms with Crippen LogP contribution in [0.5, 0.6) is 0 Å². The number of aliphatic imine (C=N–C) groups is 1. The lowest BCUT2D eigenvalue weighted by Crippen LogP contribution is -2.44. The predicted molar refractivity (Wildman–Crippen MR) is 162 cm³/mol. The molecule has 1 spiro atoms. The Hall–Kier alpha value is -5.52. The highest BCUT2D eigenvalue weighted by Gasteiger charge is 2.70. The zero-order valence-corrected chi connectivity index (χ0v) is 24.0. The van der Waals surface area contributed by atoms with Crippen molar-refractivity contribution in [3.8, 4) is 0 Å². The maximum atomic E-state index is 14.1. The van der Waals surface area contributed by atoms with Crippen molar-refractivity contribution >= 4 is 56.5 Å². The summed E-state index contributed by atoms with van der Waals surface area (Å²) in [6, 6.07) is 19.6. The Morgan fingerprint density at radius 2 is 1.76 bits per heavy atom. The van der Waals surface area contributed by atoms with Crippen LogP contribution >= 0.6 is 0 Å². The number of hydrogen-bond donors (Lipinski definition) is 3. The fraction of sp³-hybridized carbons (Fsp3) is 0.206. The Labute approximate surface area is 257 Å². The molecule has 230 valence electrons. The van der Waals surface area contributed by atoms with Crippen LogP contribution in [0.4, 0.5) is 18.9 Å². The van der Waals surface area contributed by atoms with Crippen molar-refractivity contribution in [2.24, 2.45) is 16.8 Å². The van der Waals surface area contributed by atoms with E-state index in [0.29, 0.717) is 28.6 Å². The average Bonchev–Trinajstić information content (AvgIpc) is 3.34. The third kappa shape index (κ3) is 3.92.